The maximum atomic E-state index is 14.8. The molecule has 1 aromatic carbocycles. The van der Waals surface area contributed by atoms with Crippen molar-refractivity contribution in [3.63, 3.8) is 0 Å². The van der Waals surface area contributed by atoms with E-state index in [0.29, 0.717) is 23.2 Å². The number of hydrogen-bond donors (Lipinski definition) is 1. The van der Waals surface area contributed by atoms with Crippen molar-refractivity contribution in [1.82, 2.24) is 24.9 Å². The van der Waals surface area contributed by atoms with Crippen LogP contribution in [0.1, 0.15) is 25.3 Å². The van der Waals surface area contributed by atoms with Crippen molar-refractivity contribution in [2.75, 3.05) is 36.0 Å². The lowest BCUT2D eigenvalue weighted by Crippen LogP contribution is -2.49. The molecular weight excluding hydrogens is 460 g/mol. The van der Waals surface area contributed by atoms with Crippen LogP contribution in [0.5, 0.6) is 0 Å². The van der Waals surface area contributed by atoms with Crippen LogP contribution >= 0.6 is 0 Å². The maximum absolute atomic E-state index is 14.8. The van der Waals surface area contributed by atoms with E-state index >= 15 is 0 Å². The van der Waals surface area contributed by atoms with Gasteiger partial charge < -0.3 is 15.1 Å². The molecular formula is C27H27F2N7. The van der Waals surface area contributed by atoms with Gasteiger partial charge in [-0.2, -0.15) is 5.10 Å². The van der Waals surface area contributed by atoms with E-state index < -0.39 is 11.4 Å². The molecule has 0 unspecified atom stereocenters. The summed E-state index contributed by atoms with van der Waals surface area (Å²) in [6.45, 7) is 5.84. The number of halogens is 2. The van der Waals surface area contributed by atoms with Crippen LogP contribution in [0.2, 0.25) is 0 Å². The van der Waals surface area contributed by atoms with Crippen LogP contribution in [0.25, 0.3) is 16.9 Å². The van der Waals surface area contributed by atoms with Gasteiger partial charge in [0.2, 0.25) is 0 Å². The molecule has 36 heavy (non-hydrogen) atoms. The second-order valence-electron chi connectivity index (χ2n) is 10.2. The topological polar surface area (TPSA) is 61.6 Å². The highest BCUT2D eigenvalue weighted by Gasteiger charge is 2.64. The monoisotopic (exact) mass is 487 g/mol. The molecule has 4 aromatic rings. The molecule has 3 fully saturated rings. The number of pyridine rings is 1. The van der Waals surface area contributed by atoms with Crippen LogP contribution in [-0.2, 0) is 5.54 Å². The summed E-state index contributed by atoms with van der Waals surface area (Å²) in [4.78, 5) is 14.2. The van der Waals surface area contributed by atoms with Crippen molar-refractivity contribution in [2.24, 2.45) is 5.92 Å². The molecule has 184 valence electrons. The zero-order valence-electron chi connectivity index (χ0n) is 20.0. The highest BCUT2D eigenvalue weighted by Crippen LogP contribution is 2.63. The summed E-state index contributed by atoms with van der Waals surface area (Å²) in [6, 6.07) is 10.2. The molecule has 3 atom stereocenters. The molecule has 3 aromatic heterocycles. The fraction of sp³-hybridized carbons (Fsp3) is 0.370. The van der Waals surface area contributed by atoms with Gasteiger partial charge in [-0.25, -0.2) is 18.3 Å². The van der Waals surface area contributed by atoms with Crippen LogP contribution < -0.4 is 15.1 Å². The number of benzene rings is 1. The normalized spacial score (nSPS) is 25.4. The highest BCUT2D eigenvalue weighted by atomic mass is 19.1. The van der Waals surface area contributed by atoms with E-state index in [9.17, 15) is 8.78 Å². The van der Waals surface area contributed by atoms with Crippen LogP contribution in [0.4, 0.5) is 20.3 Å². The second kappa shape index (κ2) is 7.96. The van der Waals surface area contributed by atoms with Gasteiger partial charge in [0.1, 0.15) is 17.5 Å². The Morgan fingerprint density at radius 1 is 1.08 bits per heavy atom. The van der Waals surface area contributed by atoms with E-state index in [4.69, 9.17) is 9.97 Å². The van der Waals surface area contributed by atoms with Gasteiger partial charge in [-0.05, 0) is 62.1 Å². The van der Waals surface area contributed by atoms with Crippen molar-refractivity contribution in [2.45, 2.75) is 31.3 Å². The van der Waals surface area contributed by atoms with Gasteiger partial charge in [0, 0.05) is 44.0 Å². The highest BCUT2D eigenvalue weighted by molar-refractivity contribution is 5.76. The number of nitrogens with zero attached hydrogens (tertiary/aromatic N) is 6. The lowest BCUT2D eigenvalue weighted by atomic mass is 10.0. The third-order valence-electron chi connectivity index (χ3n) is 8.14. The molecule has 5 heterocycles. The number of rotatable bonds is 4. The van der Waals surface area contributed by atoms with Crippen LogP contribution in [-0.4, -0.2) is 51.8 Å². The first kappa shape index (κ1) is 21.7. The van der Waals surface area contributed by atoms with Crippen molar-refractivity contribution in [1.29, 1.82) is 0 Å². The SMILES string of the molecule is C[C@@H]1CNCCN1c1ccc(-c2cnn3ccc(N4CC[C@H]5C[C@]54c4cc(F)ccc4F)nc23)nc1. The molecule has 7 rings (SSSR count). The summed E-state index contributed by atoms with van der Waals surface area (Å²) in [5, 5.41) is 7.90. The molecule has 1 aliphatic carbocycles. The number of anilines is 2. The van der Waals surface area contributed by atoms with Gasteiger partial charge in [0.15, 0.2) is 5.65 Å². The number of fused-ring (bicyclic) bond motifs is 2. The predicted molar refractivity (Wildman–Crippen MR) is 134 cm³/mol. The Labute approximate surface area is 207 Å². The zero-order valence-corrected chi connectivity index (χ0v) is 20.0. The van der Waals surface area contributed by atoms with Crippen molar-refractivity contribution in [3.05, 3.63) is 72.2 Å². The lowest BCUT2D eigenvalue weighted by Gasteiger charge is -2.35. The Kier molecular flexibility index (Phi) is 4.79. The number of hydrogen-bond acceptors (Lipinski definition) is 6. The summed E-state index contributed by atoms with van der Waals surface area (Å²) >= 11 is 0. The lowest BCUT2D eigenvalue weighted by molar-refractivity contribution is 0.500. The molecule has 9 heteroatoms. The van der Waals surface area contributed by atoms with E-state index in [-0.39, 0.29) is 5.82 Å². The average molecular weight is 488 g/mol. The number of piperazine rings is 1. The minimum Gasteiger partial charge on any atom is -0.365 e. The summed E-state index contributed by atoms with van der Waals surface area (Å²) in [5.41, 5.74) is 3.35. The first-order chi connectivity index (χ1) is 17.5. The first-order valence-corrected chi connectivity index (χ1v) is 12.6. The average Bonchev–Trinajstić information content (AvgIpc) is 3.27. The molecule has 7 nitrogen and oxygen atoms in total. The Morgan fingerprint density at radius 3 is 2.81 bits per heavy atom. The van der Waals surface area contributed by atoms with Gasteiger partial charge in [-0.15, -0.1) is 0 Å². The number of nitrogens with one attached hydrogen (secondary N) is 1. The van der Waals surface area contributed by atoms with E-state index in [1.54, 1.807) is 10.7 Å². The van der Waals surface area contributed by atoms with E-state index in [0.717, 1.165) is 61.8 Å². The van der Waals surface area contributed by atoms with E-state index in [1.807, 2.05) is 24.5 Å². The molecule has 0 radical (unpaired) electrons. The predicted octanol–water partition coefficient (Wildman–Crippen LogP) is 3.99. The van der Waals surface area contributed by atoms with Gasteiger partial charge in [-0.1, -0.05) is 0 Å². The van der Waals surface area contributed by atoms with Gasteiger partial charge in [-0.3, -0.25) is 4.98 Å². The van der Waals surface area contributed by atoms with Crippen LogP contribution in [0.3, 0.4) is 0 Å². The largest absolute Gasteiger partial charge is 0.365 e. The van der Waals surface area contributed by atoms with Crippen molar-refractivity contribution >= 4 is 17.2 Å². The molecule has 2 saturated heterocycles. The van der Waals surface area contributed by atoms with Crippen molar-refractivity contribution in [3.8, 4) is 11.3 Å². The van der Waals surface area contributed by atoms with Gasteiger partial charge in [0.05, 0.1) is 34.9 Å². The second-order valence-corrected chi connectivity index (χ2v) is 10.2. The third-order valence-corrected chi connectivity index (χ3v) is 8.14. The fourth-order valence-electron chi connectivity index (χ4n) is 6.23. The molecule has 1 N–H and O–H groups in total. The van der Waals surface area contributed by atoms with Crippen LogP contribution in [0.15, 0.2) is 55.0 Å². The maximum Gasteiger partial charge on any atom is 0.166 e. The number of aromatic nitrogens is 4. The molecule has 0 amide bonds. The fourth-order valence-corrected chi connectivity index (χ4v) is 6.23. The smallest absolute Gasteiger partial charge is 0.166 e. The summed E-state index contributed by atoms with van der Waals surface area (Å²) in [6.07, 6.45) is 7.32. The molecule has 0 spiro atoms. The summed E-state index contributed by atoms with van der Waals surface area (Å²) in [7, 11) is 0. The minimum absolute atomic E-state index is 0.304. The van der Waals surface area contributed by atoms with Crippen LogP contribution in [0, 0.1) is 17.6 Å². The zero-order chi connectivity index (χ0) is 24.4. The summed E-state index contributed by atoms with van der Waals surface area (Å²) < 4.78 is 30.6. The quantitative estimate of drug-likeness (QED) is 0.470. The third kappa shape index (κ3) is 3.22. The standard InChI is InChI=1S/C27H27F2N7/c1-17-14-30-8-11-34(17)20-3-5-24(31-15-20)21-16-32-36-10-7-25(33-26(21)36)35-9-6-18-13-27(18,35)22-12-19(28)2-4-23(22)29/h2-5,7,10,12,15-18,30H,6,8-9,11,13-14H2,1H3/t17-,18+,27-/m1/s1. The molecule has 2 aliphatic heterocycles. The molecule has 0 bridgehead atoms. The molecule has 3 aliphatic rings. The van der Waals surface area contributed by atoms with Crippen molar-refractivity contribution < 1.29 is 8.78 Å². The Hall–Kier alpha value is -3.59. The Morgan fingerprint density at radius 2 is 2.00 bits per heavy atom. The summed E-state index contributed by atoms with van der Waals surface area (Å²) in [5.74, 6) is 0.279. The Bertz CT molecular complexity index is 1450. The minimum atomic E-state index is -0.530. The van der Waals surface area contributed by atoms with Gasteiger partial charge >= 0.3 is 0 Å². The number of piperidine rings is 1. The van der Waals surface area contributed by atoms with E-state index in [1.165, 1.54) is 18.2 Å². The van der Waals surface area contributed by atoms with Gasteiger partial charge in [0.25, 0.3) is 0 Å². The molecule has 1 saturated carbocycles. The van der Waals surface area contributed by atoms with E-state index in [2.05, 4.69) is 33.2 Å². The first-order valence-electron chi connectivity index (χ1n) is 12.6. The Balaban J connectivity index is 1.24.